The molecule has 0 radical (unpaired) electrons. The highest BCUT2D eigenvalue weighted by molar-refractivity contribution is 6.54. The Hall–Kier alpha value is -1.05. The van der Waals surface area contributed by atoms with E-state index in [2.05, 4.69) is 38.7 Å². The fourth-order valence-electron chi connectivity index (χ4n) is 5.26. The first-order valence-corrected chi connectivity index (χ1v) is 12.1. The lowest BCUT2D eigenvalue weighted by Crippen LogP contribution is -2.63. The zero-order valence-corrected chi connectivity index (χ0v) is 20.6. The molecule has 4 rings (SSSR count). The highest BCUT2D eigenvalue weighted by Gasteiger charge is 2.53. The summed E-state index contributed by atoms with van der Waals surface area (Å²) in [6.45, 7) is 18.2. The Morgan fingerprint density at radius 1 is 1.10 bits per heavy atom. The minimum absolute atomic E-state index is 0.161. The summed E-state index contributed by atoms with van der Waals surface area (Å²) in [5.74, 6) is 0. The average Bonchev–Trinajstić information content (AvgIpc) is 2.86. The number of allylic oxidation sites excluding steroid dienone is 1. The van der Waals surface area contributed by atoms with Crippen molar-refractivity contribution >= 4 is 13.2 Å². The van der Waals surface area contributed by atoms with Crippen molar-refractivity contribution in [2.24, 2.45) is 5.41 Å². The summed E-state index contributed by atoms with van der Waals surface area (Å²) in [5.41, 5.74) is 0.748. The Bertz CT molecular complexity index is 710. The molecule has 174 valence electrons. The van der Waals surface area contributed by atoms with Gasteiger partial charge in [0.05, 0.1) is 11.2 Å². The van der Waals surface area contributed by atoms with Crippen LogP contribution in [0, 0.1) is 5.41 Å². The van der Waals surface area contributed by atoms with Gasteiger partial charge in [0.1, 0.15) is 5.60 Å². The number of piperidine rings is 1. The topological polar surface area (TPSA) is 51.2 Å². The fraction of sp³-hybridized carbons (Fsp3) is 0.875. The molecule has 1 amide bonds. The molecule has 0 saturated carbocycles. The highest BCUT2D eigenvalue weighted by Crippen LogP contribution is 2.44. The third-order valence-electron chi connectivity index (χ3n) is 8.04. The van der Waals surface area contributed by atoms with Crippen LogP contribution in [0.25, 0.3) is 0 Å². The Morgan fingerprint density at radius 2 is 1.68 bits per heavy atom. The van der Waals surface area contributed by atoms with Crippen LogP contribution in [0.5, 0.6) is 0 Å². The number of nitrogens with zero attached hydrogens (tertiary/aromatic N) is 2. The summed E-state index contributed by atoms with van der Waals surface area (Å²) in [6, 6.07) is 0.626. The van der Waals surface area contributed by atoms with E-state index in [1.54, 1.807) is 0 Å². The van der Waals surface area contributed by atoms with Crippen LogP contribution < -0.4 is 0 Å². The van der Waals surface area contributed by atoms with E-state index in [1.807, 2.05) is 25.7 Å². The van der Waals surface area contributed by atoms with Crippen molar-refractivity contribution < 1.29 is 18.8 Å². The van der Waals surface area contributed by atoms with E-state index in [9.17, 15) is 4.79 Å². The molecule has 1 spiro atoms. The summed E-state index contributed by atoms with van der Waals surface area (Å²) >= 11 is 0. The first-order chi connectivity index (χ1) is 14.3. The summed E-state index contributed by atoms with van der Waals surface area (Å²) in [6.07, 6.45) is 7.69. The van der Waals surface area contributed by atoms with Gasteiger partial charge in [-0.15, -0.1) is 0 Å². The van der Waals surface area contributed by atoms with Crippen molar-refractivity contribution in [3.05, 3.63) is 11.5 Å². The number of rotatable bonds is 2. The van der Waals surface area contributed by atoms with E-state index in [4.69, 9.17) is 14.0 Å². The highest BCUT2D eigenvalue weighted by atomic mass is 16.7. The summed E-state index contributed by atoms with van der Waals surface area (Å²) in [4.78, 5) is 16.9. The SMILES string of the molecule is CC(C)(C)OC(=O)N1CCC2(CC1)CN(C1CC=C(B3OC(C)(C)C(C)(C)O3)CC1)C2. The summed E-state index contributed by atoms with van der Waals surface area (Å²) < 4.78 is 18.0. The number of amides is 1. The second-order valence-corrected chi connectivity index (χ2v) is 12.2. The van der Waals surface area contributed by atoms with E-state index < -0.39 is 5.60 Å². The molecule has 0 aromatic rings. The van der Waals surface area contributed by atoms with Gasteiger partial charge in [0.25, 0.3) is 0 Å². The second kappa shape index (κ2) is 7.77. The van der Waals surface area contributed by atoms with Crippen LogP contribution in [-0.2, 0) is 14.0 Å². The van der Waals surface area contributed by atoms with Gasteiger partial charge in [0.2, 0.25) is 0 Å². The minimum Gasteiger partial charge on any atom is -0.444 e. The smallest absolute Gasteiger partial charge is 0.444 e. The maximum atomic E-state index is 12.3. The van der Waals surface area contributed by atoms with Crippen LogP contribution in [0.2, 0.25) is 0 Å². The molecule has 0 aromatic heterocycles. The lowest BCUT2D eigenvalue weighted by atomic mass is 9.68. The predicted molar refractivity (Wildman–Crippen MR) is 123 cm³/mol. The third-order valence-corrected chi connectivity index (χ3v) is 8.04. The molecule has 1 atom stereocenters. The van der Waals surface area contributed by atoms with E-state index in [-0.39, 0.29) is 24.4 Å². The van der Waals surface area contributed by atoms with Crippen LogP contribution in [0.4, 0.5) is 4.79 Å². The van der Waals surface area contributed by atoms with Crippen molar-refractivity contribution in [2.45, 2.75) is 103 Å². The monoisotopic (exact) mass is 432 g/mol. The number of hydrogen-bond donors (Lipinski definition) is 0. The minimum atomic E-state index is -0.424. The third kappa shape index (κ3) is 4.69. The molecule has 3 saturated heterocycles. The number of carbonyl (C=O) groups excluding carboxylic acids is 1. The number of likely N-dealkylation sites (tertiary alicyclic amines) is 2. The van der Waals surface area contributed by atoms with Crippen LogP contribution >= 0.6 is 0 Å². The van der Waals surface area contributed by atoms with Gasteiger partial charge in [0.15, 0.2) is 0 Å². The van der Waals surface area contributed by atoms with Gasteiger partial charge < -0.3 is 18.9 Å². The molecule has 31 heavy (non-hydrogen) atoms. The quantitative estimate of drug-likeness (QED) is 0.605. The van der Waals surface area contributed by atoms with Crippen LogP contribution in [0.15, 0.2) is 11.5 Å². The van der Waals surface area contributed by atoms with Crippen molar-refractivity contribution in [3.63, 3.8) is 0 Å². The second-order valence-electron chi connectivity index (χ2n) is 12.2. The number of ether oxygens (including phenoxy) is 1. The lowest BCUT2D eigenvalue weighted by molar-refractivity contribution is -0.0725. The van der Waals surface area contributed by atoms with Gasteiger partial charge in [-0.3, -0.25) is 4.90 Å². The maximum absolute atomic E-state index is 12.3. The van der Waals surface area contributed by atoms with Gasteiger partial charge in [-0.2, -0.15) is 0 Å². The molecular formula is C24H41BN2O4. The van der Waals surface area contributed by atoms with Crippen molar-refractivity contribution in [2.75, 3.05) is 26.2 Å². The standard InChI is InChI=1S/C24H41BN2O4/c1-21(2,3)29-20(28)26-14-12-24(13-15-26)16-27(17-24)19-10-8-18(9-11-19)25-30-22(4,5)23(6,7)31-25/h8,19H,9-17H2,1-7H3. The van der Waals surface area contributed by atoms with Crippen LogP contribution in [-0.4, -0.2) is 72.0 Å². The van der Waals surface area contributed by atoms with Crippen LogP contribution in [0.3, 0.4) is 0 Å². The number of hydrogen-bond acceptors (Lipinski definition) is 5. The van der Waals surface area contributed by atoms with Crippen LogP contribution in [0.1, 0.15) is 80.6 Å². The van der Waals surface area contributed by atoms with Gasteiger partial charge >= 0.3 is 13.2 Å². The summed E-state index contributed by atoms with van der Waals surface area (Å²) in [5, 5.41) is 0. The van der Waals surface area contributed by atoms with E-state index in [0.717, 1.165) is 38.8 Å². The molecule has 0 bridgehead atoms. The molecule has 1 unspecified atom stereocenters. The molecule has 0 aromatic carbocycles. The van der Waals surface area contributed by atoms with Gasteiger partial charge in [-0.05, 0) is 91.5 Å². The molecule has 7 heteroatoms. The predicted octanol–water partition coefficient (Wildman–Crippen LogP) is 4.43. The molecule has 4 aliphatic rings. The van der Waals surface area contributed by atoms with Gasteiger partial charge in [-0.1, -0.05) is 6.08 Å². The molecule has 3 aliphatic heterocycles. The molecule has 3 fully saturated rings. The Labute approximate surface area is 188 Å². The van der Waals surface area contributed by atoms with Gasteiger partial charge in [-0.25, -0.2) is 4.79 Å². The van der Waals surface area contributed by atoms with Crippen molar-refractivity contribution in [3.8, 4) is 0 Å². The van der Waals surface area contributed by atoms with E-state index in [1.165, 1.54) is 25.0 Å². The Morgan fingerprint density at radius 3 is 2.16 bits per heavy atom. The van der Waals surface area contributed by atoms with Gasteiger partial charge in [0, 0.05) is 32.2 Å². The zero-order valence-electron chi connectivity index (χ0n) is 20.6. The fourth-order valence-corrected chi connectivity index (χ4v) is 5.26. The number of carbonyl (C=O) groups is 1. The van der Waals surface area contributed by atoms with Crippen molar-refractivity contribution in [1.29, 1.82) is 0 Å². The molecular weight excluding hydrogens is 391 g/mol. The Balaban J connectivity index is 1.24. The molecule has 1 aliphatic carbocycles. The Kier molecular flexibility index (Phi) is 5.80. The van der Waals surface area contributed by atoms with E-state index >= 15 is 0 Å². The summed E-state index contributed by atoms with van der Waals surface area (Å²) in [7, 11) is -0.189. The molecule has 0 N–H and O–H groups in total. The zero-order chi connectivity index (χ0) is 22.7. The van der Waals surface area contributed by atoms with E-state index in [0.29, 0.717) is 11.5 Å². The largest absolute Gasteiger partial charge is 0.490 e. The first kappa shape index (κ1) is 23.1. The maximum Gasteiger partial charge on any atom is 0.490 e. The lowest BCUT2D eigenvalue weighted by Gasteiger charge is -2.56. The normalized spacial score (nSPS) is 30.2. The first-order valence-electron chi connectivity index (χ1n) is 12.1. The average molecular weight is 432 g/mol. The molecule has 3 heterocycles. The molecule has 6 nitrogen and oxygen atoms in total. The van der Waals surface area contributed by atoms with Crippen molar-refractivity contribution in [1.82, 2.24) is 9.80 Å².